The summed E-state index contributed by atoms with van der Waals surface area (Å²) in [6.45, 7) is 3.30. The van der Waals surface area contributed by atoms with Gasteiger partial charge in [0.25, 0.3) is 0 Å². The van der Waals surface area contributed by atoms with Gasteiger partial charge in [-0.2, -0.15) is 0 Å². The third-order valence-corrected chi connectivity index (χ3v) is 7.01. The zero-order chi connectivity index (χ0) is 27.2. The van der Waals surface area contributed by atoms with Crippen LogP contribution < -0.4 is 10.6 Å². The smallest absolute Gasteiger partial charge is 0.309 e. The number of carbonyl (C=O) groups excluding carboxylic acids is 2. The molecule has 0 spiro atoms. The van der Waals surface area contributed by atoms with Crippen LogP contribution in [0.25, 0.3) is 0 Å². The van der Waals surface area contributed by atoms with E-state index in [4.69, 9.17) is 0 Å². The zero-order valence-corrected chi connectivity index (χ0v) is 21.4. The summed E-state index contributed by atoms with van der Waals surface area (Å²) >= 11 is 0. The maximum atomic E-state index is 13.1. The van der Waals surface area contributed by atoms with Crippen LogP contribution in [0.1, 0.15) is 36.1 Å². The molecular weight excluding hydrogens is 476 g/mol. The normalized spacial score (nSPS) is 13.3. The Labute approximate surface area is 223 Å². The second kappa shape index (κ2) is 11.4. The van der Waals surface area contributed by atoms with Gasteiger partial charge in [0.1, 0.15) is 11.2 Å². The Balaban J connectivity index is 1.57. The lowest BCUT2D eigenvalue weighted by atomic mass is 9.80. The van der Waals surface area contributed by atoms with Crippen molar-refractivity contribution in [2.24, 2.45) is 0 Å². The van der Waals surface area contributed by atoms with Gasteiger partial charge in [0.2, 0.25) is 0 Å². The molecule has 6 nitrogen and oxygen atoms in total. The molecule has 4 rings (SSSR count). The molecule has 0 heterocycles. The van der Waals surface area contributed by atoms with Gasteiger partial charge in [0.05, 0.1) is 12.1 Å². The van der Waals surface area contributed by atoms with Gasteiger partial charge in [-0.1, -0.05) is 121 Å². The van der Waals surface area contributed by atoms with Crippen molar-refractivity contribution in [1.29, 1.82) is 0 Å². The van der Waals surface area contributed by atoms with Gasteiger partial charge >= 0.3 is 11.8 Å². The Morgan fingerprint density at radius 3 is 0.921 bits per heavy atom. The summed E-state index contributed by atoms with van der Waals surface area (Å²) in [7, 11) is 0. The molecule has 0 fully saturated rings. The molecule has 38 heavy (non-hydrogen) atoms. The number of hydrogen-bond acceptors (Lipinski definition) is 4. The van der Waals surface area contributed by atoms with Crippen molar-refractivity contribution in [3.8, 4) is 0 Å². The van der Waals surface area contributed by atoms with E-state index in [1.165, 1.54) is 0 Å². The van der Waals surface area contributed by atoms with Crippen LogP contribution in [-0.2, 0) is 20.8 Å². The van der Waals surface area contributed by atoms with E-state index in [1.807, 2.05) is 24.3 Å². The van der Waals surface area contributed by atoms with Gasteiger partial charge in [-0.05, 0) is 36.1 Å². The molecule has 0 radical (unpaired) electrons. The largest absolute Gasteiger partial charge is 0.378 e. The molecule has 0 saturated heterocycles. The molecule has 0 bridgehead atoms. The monoisotopic (exact) mass is 508 g/mol. The van der Waals surface area contributed by atoms with E-state index in [-0.39, 0.29) is 0 Å². The number of hydrogen-bond donors (Lipinski definition) is 4. The standard InChI is InChI=1S/C32H32N2O4/c1-23(31(37,25-15-7-3-8-16-25)26-17-9-4-10-18-26)33-29(35)30(36)34-24(2)32(38,27-19-11-5-12-20-27)28-21-13-6-14-22-28/h3-24,37-38H,1-2H3,(H,33,35)(H,34,36)/t23-,24-/m1/s1. The average molecular weight is 509 g/mol. The highest BCUT2D eigenvalue weighted by Gasteiger charge is 2.41. The molecule has 4 aromatic rings. The van der Waals surface area contributed by atoms with Crippen LogP contribution >= 0.6 is 0 Å². The number of nitrogens with one attached hydrogen (secondary N) is 2. The minimum atomic E-state index is -1.58. The average Bonchev–Trinajstić information content (AvgIpc) is 2.97. The maximum Gasteiger partial charge on any atom is 0.309 e. The highest BCUT2D eigenvalue weighted by molar-refractivity contribution is 6.35. The first-order valence-corrected chi connectivity index (χ1v) is 12.6. The van der Waals surface area contributed by atoms with E-state index in [1.54, 1.807) is 111 Å². The minimum absolute atomic E-state index is 0.579. The van der Waals surface area contributed by atoms with Crippen LogP contribution in [0.4, 0.5) is 0 Å². The highest BCUT2D eigenvalue weighted by atomic mass is 16.3. The predicted octanol–water partition coefficient (Wildman–Crippen LogP) is 3.87. The van der Waals surface area contributed by atoms with Gasteiger partial charge in [-0.3, -0.25) is 9.59 Å². The quantitative estimate of drug-likeness (QED) is 0.272. The number of aliphatic hydroxyl groups is 2. The number of carbonyl (C=O) groups is 2. The molecule has 2 atom stereocenters. The van der Waals surface area contributed by atoms with Crippen LogP contribution in [0.2, 0.25) is 0 Å². The molecule has 0 aliphatic heterocycles. The Kier molecular flexibility index (Phi) is 8.05. The van der Waals surface area contributed by atoms with Gasteiger partial charge in [-0.25, -0.2) is 0 Å². The second-order valence-corrected chi connectivity index (χ2v) is 9.39. The van der Waals surface area contributed by atoms with Crippen LogP contribution in [-0.4, -0.2) is 34.1 Å². The summed E-state index contributed by atoms with van der Waals surface area (Å²) in [6.07, 6.45) is 0. The first-order chi connectivity index (χ1) is 18.3. The van der Waals surface area contributed by atoms with Crippen molar-refractivity contribution >= 4 is 11.8 Å². The van der Waals surface area contributed by atoms with E-state index in [2.05, 4.69) is 10.6 Å². The van der Waals surface area contributed by atoms with Crippen LogP contribution in [0.5, 0.6) is 0 Å². The fraction of sp³-hybridized carbons (Fsp3) is 0.188. The first kappa shape index (κ1) is 26.8. The molecule has 0 aromatic heterocycles. The highest BCUT2D eigenvalue weighted by Crippen LogP contribution is 2.34. The summed E-state index contributed by atoms with van der Waals surface area (Å²) in [5, 5.41) is 29.1. The molecule has 0 aliphatic carbocycles. The summed E-state index contributed by atoms with van der Waals surface area (Å²) in [5.74, 6) is -1.84. The number of rotatable bonds is 8. The maximum absolute atomic E-state index is 13.1. The lowest BCUT2D eigenvalue weighted by molar-refractivity contribution is -0.141. The van der Waals surface area contributed by atoms with Gasteiger partial charge in [0, 0.05) is 0 Å². The van der Waals surface area contributed by atoms with Crippen LogP contribution in [0, 0.1) is 0 Å². The summed E-state index contributed by atoms with van der Waals surface area (Å²) in [5.41, 5.74) is -0.853. The number of benzene rings is 4. The fourth-order valence-corrected chi connectivity index (χ4v) is 4.84. The Hall–Kier alpha value is -4.26. The van der Waals surface area contributed by atoms with Crippen molar-refractivity contribution < 1.29 is 19.8 Å². The summed E-state index contributed by atoms with van der Waals surface area (Å²) in [6, 6.07) is 34.3. The van der Waals surface area contributed by atoms with E-state index in [0.29, 0.717) is 22.3 Å². The lowest BCUT2D eigenvalue weighted by Crippen LogP contribution is -2.56. The molecule has 4 aromatic carbocycles. The van der Waals surface area contributed by atoms with E-state index in [0.717, 1.165) is 0 Å². The SMILES string of the molecule is C[C@@H](NC(=O)C(=O)N[C@H](C)C(O)(c1ccccc1)c1ccccc1)C(O)(c1ccccc1)c1ccccc1. The third-order valence-electron chi connectivity index (χ3n) is 7.01. The topological polar surface area (TPSA) is 98.7 Å². The molecular formula is C32H32N2O4. The molecule has 4 N–H and O–H groups in total. The number of amides is 2. The van der Waals surface area contributed by atoms with Crippen LogP contribution in [0.3, 0.4) is 0 Å². The molecule has 194 valence electrons. The van der Waals surface area contributed by atoms with Gasteiger partial charge in [0.15, 0.2) is 0 Å². The summed E-state index contributed by atoms with van der Waals surface area (Å²) in [4.78, 5) is 26.2. The van der Waals surface area contributed by atoms with Gasteiger partial charge in [-0.15, -0.1) is 0 Å². The Bertz CT molecular complexity index is 1160. The van der Waals surface area contributed by atoms with Crippen molar-refractivity contribution in [1.82, 2.24) is 10.6 Å². The van der Waals surface area contributed by atoms with E-state index in [9.17, 15) is 19.8 Å². The summed E-state index contributed by atoms with van der Waals surface area (Å²) < 4.78 is 0. The Morgan fingerprint density at radius 1 is 0.500 bits per heavy atom. The molecule has 6 heteroatoms. The zero-order valence-electron chi connectivity index (χ0n) is 21.4. The van der Waals surface area contributed by atoms with E-state index < -0.39 is 35.1 Å². The minimum Gasteiger partial charge on any atom is -0.378 e. The molecule has 2 amide bonds. The van der Waals surface area contributed by atoms with Gasteiger partial charge < -0.3 is 20.8 Å². The molecule has 0 saturated carbocycles. The molecule has 0 aliphatic rings. The van der Waals surface area contributed by atoms with Crippen molar-refractivity contribution in [2.45, 2.75) is 37.1 Å². The second-order valence-electron chi connectivity index (χ2n) is 9.39. The van der Waals surface area contributed by atoms with Crippen molar-refractivity contribution in [2.75, 3.05) is 0 Å². The molecule has 0 unspecified atom stereocenters. The third kappa shape index (κ3) is 5.23. The van der Waals surface area contributed by atoms with Crippen molar-refractivity contribution in [3.63, 3.8) is 0 Å². The fourth-order valence-electron chi connectivity index (χ4n) is 4.84. The van der Waals surface area contributed by atoms with E-state index >= 15 is 0 Å². The lowest BCUT2D eigenvalue weighted by Gasteiger charge is -2.37. The van der Waals surface area contributed by atoms with Crippen molar-refractivity contribution in [3.05, 3.63) is 144 Å². The Morgan fingerprint density at radius 2 is 0.711 bits per heavy atom. The predicted molar refractivity (Wildman–Crippen MR) is 147 cm³/mol. The first-order valence-electron chi connectivity index (χ1n) is 12.6. The van der Waals surface area contributed by atoms with Crippen LogP contribution in [0.15, 0.2) is 121 Å².